The Kier molecular flexibility index (Phi) is 2.95. The molecule has 0 aliphatic rings. The summed E-state index contributed by atoms with van der Waals surface area (Å²) in [6.45, 7) is 1.89. The lowest BCUT2D eigenvalue weighted by molar-refractivity contribution is 0.841. The lowest BCUT2D eigenvalue weighted by Gasteiger charge is -1.89. The van der Waals surface area contributed by atoms with Gasteiger partial charge in [0.05, 0.1) is 12.0 Å². The monoisotopic (exact) mass is 96.1 g/mol. The SMILES string of the molecule is CC[C@@H](C#N)C=N. The van der Waals surface area contributed by atoms with E-state index < -0.39 is 0 Å². The van der Waals surface area contributed by atoms with Gasteiger partial charge in [0, 0.05) is 6.21 Å². The van der Waals surface area contributed by atoms with Gasteiger partial charge in [-0.2, -0.15) is 5.26 Å². The summed E-state index contributed by atoms with van der Waals surface area (Å²) < 4.78 is 0. The van der Waals surface area contributed by atoms with Crippen molar-refractivity contribution < 1.29 is 0 Å². The largest absolute Gasteiger partial charge is 0.312 e. The molecule has 0 amide bonds. The van der Waals surface area contributed by atoms with Crippen LogP contribution in [0.2, 0.25) is 0 Å². The van der Waals surface area contributed by atoms with Gasteiger partial charge in [-0.15, -0.1) is 0 Å². The Morgan fingerprint density at radius 2 is 2.57 bits per heavy atom. The molecular formula is C5H8N2. The molecule has 0 aliphatic heterocycles. The molecule has 0 saturated heterocycles. The molecule has 2 heteroatoms. The second-order valence-electron chi connectivity index (χ2n) is 1.31. The molecule has 0 bridgehead atoms. The zero-order valence-corrected chi connectivity index (χ0v) is 4.31. The molecule has 0 rings (SSSR count). The summed E-state index contributed by atoms with van der Waals surface area (Å²) in [6, 6.07) is 1.96. The third kappa shape index (κ3) is 1.94. The number of rotatable bonds is 2. The van der Waals surface area contributed by atoms with E-state index in [0.717, 1.165) is 6.42 Å². The highest BCUT2D eigenvalue weighted by molar-refractivity contribution is 5.60. The highest BCUT2D eigenvalue weighted by Crippen LogP contribution is 1.92. The Morgan fingerprint density at radius 1 is 2.00 bits per heavy atom. The van der Waals surface area contributed by atoms with E-state index in [1.54, 1.807) is 0 Å². The van der Waals surface area contributed by atoms with Gasteiger partial charge in [0.1, 0.15) is 0 Å². The number of hydrogen-bond acceptors (Lipinski definition) is 2. The lowest BCUT2D eigenvalue weighted by atomic mass is 10.1. The smallest absolute Gasteiger partial charge is 0.0805 e. The van der Waals surface area contributed by atoms with Crippen LogP contribution in [0, 0.1) is 22.7 Å². The zero-order valence-electron chi connectivity index (χ0n) is 4.31. The summed E-state index contributed by atoms with van der Waals surface area (Å²) in [5.41, 5.74) is 0. The van der Waals surface area contributed by atoms with Crippen molar-refractivity contribution in [2.75, 3.05) is 0 Å². The first-order chi connectivity index (χ1) is 3.35. The fraction of sp³-hybridized carbons (Fsp3) is 0.600. The van der Waals surface area contributed by atoms with Crippen LogP contribution in [0.15, 0.2) is 0 Å². The molecule has 0 aromatic carbocycles. The molecule has 7 heavy (non-hydrogen) atoms. The minimum Gasteiger partial charge on any atom is -0.312 e. The first-order valence-electron chi connectivity index (χ1n) is 2.25. The second-order valence-corrected chi connectivity index (χ2v) is 1.31. The summed E-state index contributed by atoms with van der Waals surface area (Å²) in [6.07, 6.45) is 1.92. The van der Waals surface area contributed by atoms with Gasteiger partial charge in [0.15, 0.2) is 0 Å². The van der Waals surface area contributed by atoms with Crippen molar-refractivity contribution >= 4 is 6.21 Å². The molecule has 0 aliphatic carbocycles. The Morgan fingerprint density at radius 3 is 2.57 bits per heavy atom. The van der Waals surface area contributed by atoms with Crippen LogP contribution < -0.4 is 0 Å². The molecule has 0 spiro atoms. The maximum atomic E-state index is 8.12. The maximum absolute atomic E-state index is 8.12. The van der Waals surface area contributed by atoms with Gasteiger partial charge in [-0.05, 0) is 6.42 Å². The molecule has 1 atom stereocenters. The van der Waals surface area contributed by atoms with Crippen LogP contribution in [0.1, 0.15) is 13.3 Å². The Bertz CT molecular complexity index is 90.7. The average Bonchev–Trinajstić information content (AvgIpc) is 1.72. The van der Waals surface area contributed by atoms with Crippen LogP contribution >= 0.6 is 0 Å². The topological polar surface area (TPSA) is 47.6 Å². The van der Waals surface area contributed by atoms with Gasteiger partial charge >= 0.3 is 0 Å². The van der Waals surface area contributed by atoms with E-state index in [-0.39, 0.29) is 5.92 Å². The molecule has 0 aromatic rings. The highest BCUT2D eigenvalue weighted by Gasteiger charge is 1.94. The third-order valence-electron chi connectivity index (χ3n) is 0.807. The average molecular weight is 96.1 g/mol. The number of nitrogens with zero attached hydrogens (tertiary/aromatic N) is 1. The van der Waals surface area contributed by atoms with Crippen molar-refractivity contribution in [2.24, 2.45) is 5.92 Å². The van der Waals surface area contributed by atoms with E-state index in [2.05, 4.69) is 0 Å². The van der Waals surface area contributed by atoms with E-state index in [1.807, 2.05) is 13.0 Å². The van der Waals surface area contributed by atoms with Crippen molar-refractivity contribution in [2.45, 2.75) is 13.3 Å². The molecule has 0 radical (unpaired) electrons. The summed E-state index contributed by atoms with van der Waals surface area (Å²) in [4.78, 5) is 0. The Labute approximate surface area is 43.3 Å². The van der Waals surface area contributed by atoms with Gasteiger partial charge in [-0.1, -0.05) is 6.92 Å². The molecule has 0 heterocycles. The first-order valence-corrected chi connectivity index (χ1v) is 2.25. The maximum Gasteiger partial charge on any atom is 0.0805 e. The molecule has 38 valence electrons. The molecule has 0 fully saturated rings. The molecule has 0 unspecified atom stereocenters. The number of nitrogens with one attached hydrogen (secondary N) is 1. The summed E-state index contributed by atoms with van der Waals surface area (Å²) in [5, 5.41) is 14.7. The Balaban J connectivity index is 3.43. The predicted octanol–water partition coefficient (Wildman–Crippen LogP) is 1.19. The van der Waals surface area contributed by atoms with Crippen LogP contribution in [-0.4, -0.2) is 6.21 Å². The lowest BCUT2D eigenvalue weighted by Crippen LogP contribution is -1.92. The minimum absolute atomic E-state index is 0.167. The standard InChI is InChI=1S/C5H8N2/c1-2-5(3-6)4-7/h3,5-6H,2H2,1H3/t5-/m1/s1. The molecule has 2 nitrogen and oxygen atoms in total. The van der Waals surface area contributed by atoms with E-state index in [0.29, 0.717) is 0 Å². The van der Waals surface area contributed by atoms with Gasteiger partial charge in [-0.3, -0.25) is 0 Å². The van der Waals surface area contributed by atoms with E-state index >= 15 is 0 Å². The summed E-state index contributed by atoms with van der Waals surface area (Å²) in [7, 11) is 0. The number of hydrogen-bond donors (Lipinski definition) is 1. The summed E-state index contributed by atoms with van der Waals surface area (Å²) >= 11 is 0. The van der Waals surface area contributed by atoms with E-state index in [4.69, 9.17) is 10.7 Å². The van der Waals surface area contributed by atoms with Crippen molar-refractivity contribution in [3.8, 4) is 6.07 Å². The second kappa shape index (κ2) is 3.35. The van der Waals surface area contributed by atoms with Crippen LogP contribution in [-0.2, 0) is 0 Å². The van der Waals surface area contributed by atoms with E-state index in [9.17, 15) is 0 Å². The molecule has 0 aromatic heterocycles. The summed E-state index contributed by atoms with van der Waals surface area (Å²) in [5.74, 6) is -0.167. The van der Waals surface area contributed by atoms with Crippen molar-refractivity contribution in [3.05, 3.63) is 0 Å². The molecule has 0 saturated carbocycles. The van der Waals surface area contributed by atoms with Gasteiger partial charge in [-0.25, -0.2) is 0 Å². The van der Waals surface area contributed by atoms with Gasteiger partial charge in [0.25, 0.3) is 0 Å². The zero-order chi connectivity index (χ0) is 5.70. The normalized spacial score (nSPS) is 12.0. The van der Waals surface area contributed by atoms with E-state index in [1.165, 1.54) is 6.21 Å². The fourth-order valence-electron chi connectivity index (χ4n) is 0.246. The Hall–Kier alpha value is -0.840. The van der Waals surface area contributed by atoms with Gasteiger partial charge < -0.3 is 5.41 Å². The first kappa shape index (κ1) is 6.16. The predicted molar refractivity (Wildman–Crippen MR) is 28.2 cm³/mol. The molecule has 1 N–H and O–H groups in total. The molecular weight excluding hydrogens is 88.1 g/mol. The fourth-order valence-corrected chi connectivity index (χ4v) is 0.246. The van der Waals surface area contributed by atoms with Crippen LogP contribution in [0.4, 0.5) is 0 Å². The quantitative estimate of drug-likeness (QED) is 0.515. The minimum atomic E-state index is -0.167. The third-order valence-corrected chi connectivity index (χ3v) is 0.807. The van der Waals surface area contributed by atoms with Crippen molar-refractivity contribution in [1.82, 2.24) is 0 Å². The van der Waals surface area contributed by atoms with Gasteiger partial charge in [0.2, 0.25) is 0 Å². The number of nitriles is 1. The van der Waals surface area contributed by atoms with Crippen LogP contribution in [0.3, 0.4) is 0 Å². The van der Waals surface area contributed by atoms with Crippen molar-refractivity contribution in [1.29, 1.82) is 10.7 Å². The highest BCUT2D eigenvalue weighted by atomic mass is 14.4. The van der Waals surface area contributed by atoms with Crippen molar-refractivity contribution in [3.63, 3.8) is 0 Å². The van der Waals surface area contributed by atoms with Crippen LogP contribution in [0.5, 0.6) is 0 Å². The van der Waals surface area contributed by atoms with Crippen LogP contribution in [0.25, 0.3) is 0 Å².